The van der Waals surface area contributed by atoms with Crippen molar-refractivity contribution in [1.29, 1.82) is 0 Å². The molecule has 0 aliphatic heterocycles. The maximum absolute atomic E-state index is 6.12. The molecular formula is C12H10Cl2N2S. The summed E-state index contributed by atoms with van der Waals surface area (Å²) in [5, 5.41) is 1.95. The average molecular weight is 285 g/mol. The van der Waals surface area contributed by atoms with E-state index < -0.39 is 0 Å². The standard InChI is InChI=1S/C12H10Cl2N2S/c13-9-4-5-10(8(7-15)12(9)14)17-11-3-1-2-6-16-11/h1-6H,7,15H2. The van der Waals surface area contributed by atoms with E-state index in [1.807, 2.05) is 24.3 Å². The molecule has 0 saturated carbocycles. The fraction of sp³-hybridized carbons (Fsp3) is 0.0833. The van der Waals surface area contributed by atoms with Crippen LogP contribution in [-0.2, 0) is 6.54 Å². The molecule has 0 bridgehead atoms. The Labute approximate surface area is 114 Å². The normalized spacial score (nSPS) is 10.5. The second-order valence-electron chi connectivity index (χ2n) is 3.31. The molecule has 2 N–H and O–H groups in total. The first-order valence-corrected chi connectivity index (χ1v) is 6.55. The van der Waals surface area contributed by atoms with Gasteiger partial charge in [0.15, 0.2) is 0 Å². The summed E-state index contributed by atoms with van der Waals surface area (Å²) in [6.45, 7) is 0.356. The van der Waals surface area contributed by atoms with Gasteiger partial charge in [-0.2, -0.15) is 0 Å². The van der Waals surface area contributed by atoms with E-state index in [-0.39, 0.29) is 0 Å². The van der Waals surface area contributed by atoms with Crippen molar-refractivity contribution in [2.75, 3.05) is 0 Å². The highest BCUT2D eigenvalue weighted by atomic mass is 35.5. The van der Waals surface area contributed by atoms with Gasteiger partial charge in [0.1, 0.15) is 5.03 Å². The van der Waals surface area contributed by atoms with Gasteiger partial charge in [0.25, 0.3) is 0 Å². The molecule has 0 spiro atoms. The second kappa shape index (κ2) is 5.74. The van der Waals surface area contributed by atoms with E-state index in [1.54, 1.807) is 12.3 Å². The van der Waals surface area contributed by atoms with Crippen molar-refractivity contribution in [2.45, 2.75) is 16.5 Å². The minimum atomic E-state index is 0.356. The lowest BCUT2D eigenvalue weighted by atomic mass is 10.2. The Morgan fingerprint density at radius 3 is 2.65 bits per heavy atom. The lowest BCUT2D eigenvalue weighted by molar-refractivity contribution is 1.02. The van der Waals surface area contributed by atoms with Crippen molar-refractivity contribution in [3.63, 3.8) is 0 Å². The molecule has 17 heavy (non-hydrogen) atoms. The van der Waals surface area contributed by atoms with Crippen LogP contribution >= 0.6 is 35.0 Å². The van der Waals surface area contributed by atoms with Gasteiger partial charge < -0.3 is 5.73 Å². The van der Waals surface area contributed by atoms with Crippen LogP contribution in [0.1, 0.15) is 5.56 Å². The van der Waals surface area contributed by atoms with Crippen LogP contribution in [0, 0.1) is 0 Å². The van der Waals surface area contributed by atoms with E-state index in [0.717, 1.165) is 15.5 Å². The van der Waals surface area contributed by atoms with Crippen LogP contribution in [0.2, 0.25) is 10.0 Å². The zero-order valence-corrected chi connectivity index (χ0v) is 11.2. The molecule has 1 aromatic carbocycles. The number of nitrogens with two attached hydrogens (primary N) is 1. The molecule has 0 amide bonds. The van der Waals surface area contributed by atoms with Gasteiger partial charge in [-0.05, 0) is 29.8 Å². The summed E-state index contributed by atoms with van der Waals surface area (Å²) in [5.74, 6) is 0. The first-order chi connectivity index (χ1) is 8.22. The highest BCUT2D eigenvalue weighted by Gasteiger charge is 2.10. The van der Waals surface area contributed by atoms with Gasteiger partial charge in [0, 0.05) is 17.6 Å². The third kappa shape index (κ3) is 2.93. The quantitative estimate of drug-likeness (QED) is 0.926. The second-order valence-corrected chi connectivity index (χ2v) is 5.16. The Kier molecular flexibility index (Phi) is 4.29. The van der Waals surface area contributed by atoms with E-state index in [0.29, 0.717) is 16.6 Å². The number of hydrogen-bond acceptors (Lipinski definition) is 3. The first kappa shape index (κ1) is 12.7. The summed E-state index contributed by atoms with van der Waals surface area (Å²) >= 11 is 13.6. The lowest BCUT2D eigenvalue weighted by Gasteiger charge is -2.09. The Balaban J connectivity index is 2.37. The Hall–Kier alpha value is -0.740. The summed E-state index contributed by atoms with van der Waals surface area (Å²) in [6, 6.07) is 9.44. The molecule has 2 rings (SSSR count). The minimum absolute atomic E-state index is 0.356. The number of benzene rings is 1. The fourth-order valence-electron chi connectivity index (χ4n) is 1.38. The molecule has 1 aromatic heterocycles. The van der Waals surface area contributed by atoms with Crippen LogP contribution in [-0.4, -0.2) is 4.98 Å². The van der Waals surface area contributed by atoms with Crippen LogP contribution in [0.15, 0.2) is 46.5 Å². The third-order valence-corrected chi connectivity index (χ3v) is 4.11. The first-order valence-electron chi connectivity index (χ1n) is 4.98. The molecule has 88 valence electrons. The smallest absolute Gasteiger partial charge is 0.101 e. The van der Waals surface area contributed by atoms with Crippen LogP contribution in [0.5, 0.6) is 0 Å². The van der Waals surface area contributed by atoms with Crippen molar-refractivity contribution in [3.05, 3.63) is 52.1 Å². The summed E-state index contributed by atoms with van der Waals surface area (Å²) < 4.78 is 0. The highest BCUT2D eigenvalue weighted by molar-refractivity contribution is 7.99. The van der Waals surface area contributed by atoms with E-state index >= 15 is 0 Å². The third-order valence-electron chi connectivity index (χ3n) is 2.21. The molecule has 2 nitrogen and oxygen atoms in total. The number of halogens is 2. The predicted octanol–water partition coefficient (Wildman–Crippen LogP) is 4.00. The maximum atomic E-state index is 6.12. The van der Waals surface area contributed by atoms with E-state index in [1.165, 1.54) is 11.8 Å². The molecule has 0 aliphatic carbocycles. The summed E-state index contributed by atoms with van der Waals surface area (Å²) in [4.78, 5) is 5.23. The number of pyridine rings is 1. The van der Waals surface area contributed by atoms with Gasteiger partial charge in [-0.1, -0.05) is 41.0 Å². The van der Waals surface area contributed by atoms with Gasteiger partial charge in [0.05, 0.1) is 10.0 Å². The van der Waals surface area contributed by atoms with Crippen LogP contribution in [0.3, 0.4) is 0 Å². The lowest BCUT2D eigenvalue weighted by Crippen LogP contribution is -2.00. The molecule has 1 heterocycles. The summed E-state index contributed by atoms with van der Waals surface area (Å²) in [6.07, 6.45) is 1.75. The van der Waals surface area contributed by atoms with Gasteiger partial charge in [0.2, 0.25) is 0 Å². The number of hydrogen-bond donors (Lipinski definition) is 1. The molecule has 0 fully saturated rings. The average Bonchev–Trinajstić information content (AvgIpc) is 2.36. The minimum Gasteiger partial charge on any atom is -0.326 e. The number of aromatic nitrogens is 1. The topological polar surface area (TPSA) is 38.9 Å². The molecular weight excluding hydrogens is 275 g/mol. The molecule has 5 heteroatoms. The maximum Gasteiger partial charge on any atom is 0.101 e. The Bertz CT molecular complexity index is 517. The largest absolute Gasteiger partial charge is 0.326 e. The van der Waals surface area contributed by atoms with Crippen molar-refractivity contribution < 1.29 is 0 Å². The highest BCUT2D eigenvalue weighted by Crippen LogP contribution is 2.36. The Morgan fingerprint density at radius 2 is 2.00 bits per heavy atom. The van der Waals surface area contributed by atoms with Gasteiger partial charge in [-0.25, -0.2) is 4.98 Å². The van der Waals surface area contributed by atoms with Crippen LogP contribution in [0.25, 0.3) is 0 Å². The number of rotatable bonds is 3. The van der Waals surface area contributed by atoms with Crippen molar-refractivity contribution in [1.82, 2.24) is 4.98 Å². The molecule has 0 unspecified atom stereocenters. The molecule has 0 saturated heterocycles. The van der Waals surface area contributed by atoms with Crippen LogP contribution in [0.4, 0.5) is 0 Å². The van der Waals surface area contributed by atoms with E-state index in [2.05, 4.69) is 4.98 Å². The SMILES string of the molecule is NCc1c(Sc2ccccn2)ccc(Cl)c1Cl. The van der Waals surface area contributed by atoms with Crippen molar-refractivity contribution in [2.24, 2.45) is 5.73 Å². The van der Waals surface area contributed by atoms with Gasteiger partial charge in [-0.15, -0.1) is 0 Å². The molecule has 0 atom stereocenters. The predicted molar refractivity (Wildman–Crippen MR) is 72.7 cm³/mol. The van der Waals surface area contributed by atoms with Crippen molar-refractivity contribution >= 4 is 35.0 Å². The number of nitrogens with zero attached hydrogens (tertiary/aromatic N) is 1. The van der Waals surface area contributed by atoms with Gasteiger partial charge >= 0.3 is 0 Å². The van der Waals surface area contributed by atoms with E-state index in [9.17, 15) is 0 Å². The van der Waals surface area contributed by atoms with Crippen molar-refractivity contribution in [3.8, 4) is 0 Å². The zero-order chi connectivity index (χ0) is 12.3. The van der Waals surface area contributed by atoms with Crippen LogP contribution < -0.4 is 5.73 Å². The van der Waals surface area contributed by atoms with E-state index in [4.69, 9.17) is 28.9 Å². The van der Waals surface area contributed by atoms with Gasteiger partial charge in [-0.3, -0.25) is 0 Å². The molecule has 2 aromatic rings. The monoisotopic (exact) mass is 284 g/mol. The summed E-state index contributed by atoms with van der Waals surface area (Å²) in [5.41, 5.74) is 6.55. The summed E-state index contributed by atoms with van der Waals surface area (Å²) in [7, 11) is 0. The Morgan fingerprint density at radius 1 is 1.18 bits per heavy atom. The zero-order valence-electron chi connectivity index (χ0n) is 8.86. The fourth-order valence-corrected chi connectivity index (χ4v) is 2.79. The molecule has 0 aliphatic rings. The molecule has 0 radical (unpaired) electrons.